The Morgan fingerprint density at radius 1 is 0.892 bits per heavy atom. The number of benzene rings is 1. The van der Waals surface area contributed by atoms with E-state index in [4.69, 9.17) is 14.5 Å². The molecule has 1 atom stereocenters. The summed E-state index contributed by atoms with van der Waals surface area (Å²) in [6.07, 6.45) is 7.38. The van der Waals surface area contributed by atoms with Gasteiger partial charge in [-0.05, 0) is 54.9 Å². The maximum Gasteiger partial charge on any atom is 0.196 e. The summed E-state index contributed by atoms with van der Waals surface area (Å²) in [4.78, 5) is 24.7. The van der Waals surface area contributed by atoms with Crippen LogP contribution in [-0.2, 0) is 0 Å². The van der Waals surface area contributed by atoms with Gasteiger partial charge in [-0.2, -0.15) is 0 Å². The molecule has 37 heavy (non-hydrogen) atoms. The minimum absolute atomic E-state index is 0.136. The fourth-order valence-electron chi connectivity index (χ4n) is 4.83. The predicted octanol–water partition coefficient (Wildman–Crippen LogP) is 6.80. The molecule has 8 heteroatoms. The number of hydrogen-bond donors (Lipinski definition) is 0. The highest BCUT2D eigenvalue weighted by Crippen LogP contribution is 2.38. The average molecular weight is 487 g/mol. The highest BCUT2D eigenvalue weighted by Gasteiger charge is 2.24. The summed E-state index contributed by atoms with van der Waals surface area (Å²) >= 11 is 0. The Bertz CT molecular complexity index is 1650. The van der Waals surface area contributed by atoms with Crippen molar-refractivity contribution in [3.8, 4) is 22.3 Å². The van der Waals surface area contributed by atoms with Crippen LogP contribution in [0.4, 0.5) is 5.82 Å². The van der Waals surface area contributed by atoms with E-state index in [0.29, 0.717) is 0 Å². The quantitative estimate of drug-likeness (QED) is 0.240. The highest BCUT2D eigenvalue weighted by atomic mass is 16.5. The highest BCUT2D eigenvalue weighted by molar-refractivity contribution is 5.95. The van der Waals surface area contributed by atoms with E-state index >= 15 is 0 Å². The molecule has 0 aliphatic rings. The van der Waals surface area contributed by atoms with Gasteiger partial charge >= 0.3 is 0 Å². The largest absolute Gasteiger partial charge is 0.361 e. The van der Waals surface area contributed by atoms with E-state index in [1.54, 1.807) is 18.5 Å². The van der Waals surface area contributed by atoms with Crippen LogP contribution in [0.3, 0.4) is 0 Å². The molecule has 0 radical (unpaired) electrons. The van der Waals surface area contributed by atoms with Crippen molar-refractivity contribution in [3.63, 3.8) is 0 Å². The van der Waals surface area contributed by atoms with Crippen molar-refractivity contribution in [3.05, 3.63) is 119 Å². The monoisotopic (exact) mass is 486 g/mol. The lowest BCUT2D eigenvalue weighted by molar-refractivity contribution is 0.393. The Labute approximate surface area is 212 Å². The molecule has 8 nitrogen and oxygen atoms in total. The molecular weight excluding hydrogens is 464 g/mol. The van der Waals surface area contributed by atoms with E-state index in [1.165, 1.54) is 0 Å². The average Bonchev–Trinajstić information content (AvgIpc) is 3.49. The standard InChI is InChI=1S/C29H22N6O2/c1-18-27(19(2)37-34-18)22-14-25-28(32-16-22)23(21-11-12-26(33-36)31-15-21)17-35(25)29(20-8-4-3-5-9-20)24-10-6-7-13-30-24/h3-17,29H,1-2H3. The molecule has 0 N–H and O–H groups in total. The molecule has 0 bridgehead atoms. The van der Waals surface area contributed by atoms with Gasteiger partial charge in [0.1, 0.15) is 11.8 Å². The van der Waals surface area contributed by atoms with Gasteiger partial charge in [-0.1, -0.05) is 41.6 Å². The van der Waals surface area contributed by atoms with Gasteiger partial charge in [0.25, 0.3) is 0 Å². The molecule has 0 aliphatic carbocycles. The van der Waals surface area contributed by atoms with E-state index in [0.717, 1.165) is 56.0 Å². The Hall–Kier alpha value is -4.98. The van der Waals surface area contributed by atoms with Gasteiger partial charge < -0.3 is 9.09 Å². The molecule has 0 spiro atoms. The smallest absolute Gasteiger partial charge is 0.196 e. The zero-order valence-corrected chi connectivity index (χ0v) is 20.2. The predicted molar refractivity (Wildman–Crippen MR) is 141 cm³/mol. The van der Waals surface area contributed by atoms with Gasteiger partial charge in [0.05, 0.1) is 22.4 Å². The Morgan fingerprint density at radius 3 is 2.38 bits per heavy atom. The number of rotatable bonds is 6. The summed E-state index contributed by atoms with van der Waals surface area (Å²) < 4.78 is 7.63. The molecule has 6 rings (SSSR count). The van der Waals surface area contributed by atoms with Crippen molar-refractivity contribution in [1.82, 2.24) is 24.7 Å². The van der Waals surface area contributed by atoms with Crippen LogP contribution in [0.2, 0.25) is 0 Å². The number of nitroso groups, excluding NO2 is 1. The minimum atomic E-state index is -0.204. The van der Waals surface area contributed by atoms with Crippen LogP contribution in [0, 0.1) is 18.8 Å². The van der Waals surface area contributed by atoms with Crippen LogP contribution >= 0.6 is 0 Å². The van der Waals surface area contributed by atoms with Gasteiger partial charge in [0.2, 0.25) is 0 Å². The lowest BCUT2D eigenvalue weighted by Crippen LogP contribution is -2.13. The first kappa shape index (κ1) is 22.5. The Kier molecular flexibility index (Phi) is 5.61. The SMILES string of the molecule is Cc1noc(C)c1-c1cnc2c(-c3ccc(N=O)nc3)cn(C(c3ccccc3)c3ccccn3)c2c1. The van der Waals surface area contributed by atoms with Gasteiger partial charge in [-0.3, -0.25) is 9.97 Å². The van der Waals surface area contributed by atoms with Crippen LogP contribution in [0.1, 0.15) is 28.8 Å². The van der Waals surface area contributed by atoms with Crippen LogP contribution in [0.5, 0.6) is 0 Å². The first-order valence-corrected chi connectivity index (χ1v) is 11.8. The van der Waals surface area contributed by atoms with Crippen molar-refractivity contribution in [2.45, 2.75) is 19.9 Å². The molecule has 0 saturated carbocycles. The van der Waals surface area contributed by atoms with E-state index in [1.807, 2.05) is 62.5 Å². The summed E-state index contributed by atoms with van der Waals surface area (Å²) in [6, 6.07) is 21.6. The van der Waals surface area contributed by atoms with E-state index in [-0.39, 0.29) is 11.9 Å². The molecule has 0 saturated heterocycles. The van der Waals surface area contributed by atoms with Crippen molar-refractivity contribution < 1.29 is 4.52 Å². The zero-order valence-electron chi connectivity index (χ0n) is 20.2. The zero-order chi connectivity index (χ0) is 25.4. The summed E-state index contributed by atoms with van der Waals surface area (Å²) in [6.45, 7) is 3.83. The number of aromatic nitrogens is 5. The minimum Gasteiger partial charge on any atom is -0.361 e. The summed E-state index contributed by atoms with van der Waals surface area (Å²) in [7, 11) is 0. The summed E-state index contributed by atoms with van der Waals surface area (Å²) in [5.74, 6) is 0.874. The number of aryl methyl sites for hydroxylation is 2. The van der Waals surface area contributed by atoms with Gasteiger partial charge in [-0.25, -0.2) is 4.98 Å². The van der Waals surface area contributed by atoms with E-state index in [9.17, 15) is 4.91 Å². The van der Waals surface area contributed by atoms with Crippen LogP contribution in [0.25, 0.3) is 33.3 Å². The molecule has 5 aromatic heterocycles. The molecule has 6 aromatic rings. The molecule has 0 fully saturated rings. The number of fused-ring (bicyclic) bond motifs is 1. The maximum absolute atomic E-state index is 10.9. The molecule has 180 valence electrons. The van der Waals surface area contributed by atoms with Crippen molar-refractivity contribution in [2.75, 3.05) is 0 Å². The summed E-state index contributed by atoms with van der Waals surface area (Å²) in [5, 5.41) is 7.06. The lowest BCUT2D eigenvalue weighted by atomic mass is 10.0. The molecule has 5 heterocycles. The fourth-order valence-corrected chi connectivity index (χ4v) is 4.83. The van der Waals surface area contributed by atoms with Gasteiger partial charge in [0, 0.05) is 47.0 Å². The summed E-state index contributed by atoms with van der Waals surface area (Å²) in [5.41, 5.74) is 8.10. The topological polar surface area (TPSA) is 99.1 Å². The Balaban J connectivity index is 1.65. The normalized spacial score (nSPS) is 12.1. The number of hydrogen-bond acceptors (Lipinski definition) is 7. The maximum atomic E-state index is 10.9. The second-order valence-corrected chi connectivity index (χ2v) is 8.81. The fraction of sp³-hybridized carbons (Fsp3) is 0.103. The third-order valence-electron chi connectivity index (χ3n) is 6.50. The molecule has 1 unspecified atom stereocenters. The van der Waals surface area contributed by atoms with Crippen LogP contribution < -0.4 is 0 Å². The number of pyridine rings is 3. The third kappa shape index (κ3) is 3.98. The molecule has 1 aromatic carbocycles. The van der Waals surface area contributed by atoms with Crippen molar-refractivity contribution >= 4 is 16.9 Å². The molecule has 0 aliphatic heterocycles. The number of nitrogens with zero attached hydrogens (tertiary/aromatic N) is 6. The van der Waals surface area contributed by atoms with E-state index in [2.05, 4.69) is 44.3 Å². The van der Waals surface area contributed by atoms with Gasteiger partial charge in [0.15, 0.2) is 5.82 Å². The third-order valence-corrected chi connectivity index (χ3v) is 6.50. The van der Waals surface area contributed by atoms with E-state index < -0.39 is 0 Å². The molecule has 0 amide bonds. The van der Waals surface area contributed by atoms with Crippen LogP contribution in [-0.4, -0.2) is 24.7 Å². The first-order chi connectivity index (χ1) is 18.1. The Morgan fingerprint density at radius 2 is 1.70 bits per heavy atom. The second kappa shape index (κ2) is 9.23. The van der Waals surface area contributed by atoms with Gasteiger partial charge in [-0.15, -0.1) is 4.91 Å². The van der Waals surface area contributed by atoms with Crippen molar-refractivity contribution in [1.29, 1.82) is 0 Å². The first-order valence-electron chi connectivity index (χ1n) is 11.8. The molecular formula is C29H22N6O2. The second-order valence-electron chi connectivity index (χ2n) is 8.81. The lowest BCUT2D eigenvalue weighted by Gasteiger charge is -2.20. The van der Waals surface area contributed by atoms with Crippen LogP contribution in [0.15, 0.2) is 101 Å². The van der Waals surface area contributed by atoms with Crippen molar-refractivity contribution in [2.24, 2.45) is 5.18 Å².